The van der Waals surface area contributed by atoms with Crippen molar-refractivity contribution < 1.29 is 19.5 Å². The number of halogens is 2. The van der Waals surface area contributed by atoms with Gasteiger partial charge < -0.3 is 14.8 Å². The van der Waals surface area contributed by atoms with E-state index < -0.39 is 12.0 Å². The average Bonchev–Trinajstić information content (AvgIpc) is 3.08. The third-order valence-corrected chi connectivity index (χ3v) is 5.05. The first kappa shape index (κ1) is 19.2. The van der Waals surface area contributed by atoms with Gasteiger partial charge >= 0.3 is 5.97 Å². The molecule has 6 nitrogen and oxygen atoms in total. The summed E-state index contributed by atoms with van der Waals surface area (Å²) in [5, 5.41) is 14.1. The molecule has 1 saturated heterocycles. The molecule has 1 atom stereocenters. The van der Waals surface area contributed by atoms with Crippen molar-refractivity contribution in [1.82, 2.24) is 4.90 Å². The summed E-state index contributed by atoms with van der Waals surface area (Å²) in [4.78, 5) is 30.3. The van der Waals surface area contributed by atoms with Crippen LogP contribution in [0.25, 0.3) is 11.1 Å². The van der Waals surface area contributed by atoms with E-state index in [-0.39, 0.29) is 18.9 Å². The Hall–Kier alpha value is -2.57. The molecule has 0 aliphatic carbocycles. The minimum absolute atomic E-state index is 0.123. The molecule has 3 rings (SSSR count). The van der Waals surface area contributed by atoms with Crippen molar-refractivity contribution >= 4 is 40.8 Å². The highest BCUT2D eigenvalue weighted by atomic mass is 35.5. The van der Waals surface area contributed by atoms with E-state index in [2.05, 4.69) is 5.16 Å². The molecule has 8 heteroatoms. The second kappa shape index (κ2) is 7.98. The summed E-state index contributed by atoms with van der Waals surface area (Å²) in [5.41, 5.74) is 2.64. The molecular formula is C19H16Cl2N2O4. The Kier molecular flexibility index (Phi) is 5.68. The molecule has 1 N–H and O–H groups in total. The Labute approximate surface area is 165 Å². The zero-order chi connectivity index (χ0) is 19.6. The standard InChI is InChI=1S/C19H16Cl2N2O4/c1-27-22-14-9-17(19(25)26)23(10-14)18(24)12-4-2-11(3-5-12)13-6-7-15(20)16(21)8-13/h2-8,17H,9-10H2,1H3,(H,25,26)/b22-14+/t17-/m0/s1. The van der Waals surface area contributed by atoms with Crippen LogP contribution in [-0.4, -0.2) is 47.3 Å². The fourth-order valence-electron chi connectivity index (χ4n) is 2.98. The summed E-state index contributed by atoms with van der Waals surface area (Å²) in [7, 11) is 1.38. The molecule has 0 aromatic heterocycles. The predicted molar refractivity (Wildman–Crippen MR) is 103 cm³/mol. The lowest BCUT2D eigenvalue weighted by atomic mass is 10.0. The molecule has 0 bridgehead atoms. The molecule has 0 saturated carbocycles. The monoisotopic (exact) mass is 406 g/mol. The van der Waals surface area contributed by atoms with Gasteiger partial charge in [-0.15, -0.1) is 0 Å². The SMILES string of the molecule is CO/N=C1\C[C@@H](C(=O)O)N(C(=O)c2ccc(-c3ccc(Cl)c(Cl)c3)cc2)C1. The van der Waals surface area contributed by atoms with Crippen molar-refractivity contribution in [3.05, 3.63) is 58.1 Å². The number of hydrogen-bond acceptors (Lipinski definition) is 4. The van der Waals surface area contributed by atoms with Crippen molar-refractivity contribution in [2.24, 2.45) is 5.16 Å². The maximum atomic E-state index is 12.8. The molecule has 0 radical (unpaired) electrons. The Morgan fingerprint density at radius 3 is 2.37 bits per heavy atom. The van der Waals surface area contributed by atoms with Crippen molar-refractivity contribution in [1.29, 1.82) is 0 Å². The Morgan fingerprint density at radius 1 is 1.11 bits per heavy atom. The molecule has 0 spiro atoms. The van der Waals surface area contributed by atoms with Crippen LogP contribution in [0.3, 0.4) is 0 Å². The minimum atomic E-state index is -1.07. The number of oxime groups is 1. The largest absolute Gasteiger partial charge is 0.480 e. The summed E-state index contributed by atoms with van der Waals surface area (Å²) in [6, 6.07) is 11.2. The number of rotatable bonds is 4. The highest BCUT2D eigenvalue weighted by Gasteiger charge is 2.38. The Morgan fingerprint density at radius 2 is 1.78 bits per heavy atom. The van der Waals surface area contributed by atoms with Crippen LogP contribution in [-0.2, 0) is 9.63 Å². The molecule has 1 aliphatic heterocycles. The molecule has 0 unspecified atom stereocenters. The van der Waals surface area contributed by atoms with Crippen molar-refractivity contribution in [3.63, 3.8) is 0 Å². The number of carboxylic acid groups (broad SMARTS) is 1. The van der Waals surface area contributed by atoms with E-state index in [1.807, 2.05) is 6.07 Å². The lowest BCUT2D eigenvalue weighted by Gasteiger charge is -2.20. The van der Waals surface area contributed by atoms with Gasteiger partial charge in [0.1, 0.15) is 13.2 Å². The highest BCUT2D eigenvalue weighted by Crippen LogP contribution is 2.29. The van der Waals surface area contributed by atoms with Crippen LogP contribution in [0.5, 0.6) is 0 Å². The number of carbonyl (C=O) groups excluding carboxylic acids is 1. The number of nitrogens with zero attached hydrogens (tertiary/aromatic N) is 2. The predicted octanol–water partition coefficient (Wildman–Crippen LogP) is 3.96. The fourth-order valence-corrected chi connectivity index (χ4v) is 3.28. The van der Waals surface area contributed by atoms with E-state index in [1.165, 1.54) is 12.0 Å². The first-order chi connectivity index (χ1) is 12.9. The van der Waals surface area contributed by atoms with Crippen LogP contribution < -0.4 is 0 Å². The number of carboxylic acids is 1. The van der Waals surface area contributed by atoms with Crippen LogP contribution in [0.4, 0.5) is 0 Å². The minimum Gasteiger partial charge on any atom is -0.480 e. The lowest BCUT2D eigenvalue weighted by molar-refractivity contribution is -0.141. The van der Waals surface area contributed by atoms with Gasteiger partial charge in [0.05, 0.1) is 22.3 Å². The van der Waals surface area contributed by atoms with Gasteiger partial charge in [0.2, 0.25) is 0 Å². The zero-order valence-electron chi connectivity index (χ0n) is 14.4. The number of hydrogen-bond donors (Lipinski definition) is 1. The normalized spacial score (nSPS) is 18.0. The van der Waals surface area contributed by atoms with Gasteiger partial charge in [-0.25, -0.2) is 4.79 Å². The van der Waals surface area contributed by atoms with Gasteiger partial charge in [-0.2, -0.15) is 0 Å². The summed E-state index contributed by atoms with van der Waals surface area (Å²) >= 11 is 12.0. The van der Waals surface area contributed by atoms with Crippen LogP contribution in [0.1, 0.15) is 16.8 Å². The van der Waals surface area contributed by atoms with Gasteiger partial charge in [-0.05, 0) is 35.4 Å². The molecular weight excluding hydrogens is 391 g/mol. The van der Waals surface area contributed by atoms with Gasteiger partial charge in [-0.3, -0.25) is 4.79 Å². The fraction of sp³-hybridized carbons (Fsp3) is 0.211. The highest BCUT2D eigenvalue weighted by molar-refractivity contribution is 6.42. The maximum Gasteiger partial charge on any atom is 0.326 e. The lowest BCUT2D eigenvalue weighted by Crippen LogP contribution is -2.40. The van der Waals surface area contributed by atoms with Gasteiger partial charge in [0, 0.05) is 12.0 Å². The van der Waals surface area contributed by atoms with Crippen molar-refractivity contribution in [3.8, 4) is 11.1 Å². The number of carbonyl (C=O) groups is 2. The molecule has 27 heavy (non-hydrogen) atoms. The number of benzene rings is 2. The number of likely N-dealkylation sites (tertiary alicyclic amines) is 1. The second-order valence-corrected chi connectivity index (χ2v) is 6.85. The summed E-state index contributed by atoms with van der Waals surface area (Å²) in [6.45, 7) is 0.123. The molecule has 1 aliphatic rings. The molecule has 2 aromatic rings. The van der Waals surface area contributed by atoms with Crippen molar-refractivity contribution in [2.75, 3.05) is 13.7 Å². The average molecular weight is 407 g/mol. The van der Waals surface area contributed by atoms with E-state index in [1.54, 1.807) is 36.4 Å². The first-order valence-electron chi connectivity index (χ1n) is 8.09. The molecule has 1 heterocycles. The summed E-state index contributed by atoms with van der Waals surface area (Å²) < 4.78 is 0. The van der Waals surface area contributed by atoms with E-state index in [9.17, 15) is 14.7 Å². The van der Waals surface area contributed by atoms with Crippen LogP contribution in [0.15, 0.2) is 47.6 Å². The quantitative estimate of drug-likeness (QED) is 0.779. The Bertz CT molecular complexity index is 912. The van der Waals surface area contributed by atoms with Gasteiger partial charge in [0.25, 0.3) is 5.91 Å². The zero-order valence-corrected chi connectivity index (χ0v) is 15.9. The van der Waals surface area contributed by atoms with Gasteiger partial charge in [0.15, 0.2) is 0 Å². The van der Waals surface area contributed by atoms with E-state index in [0.717, 1.165) is 11.1 Å². The number of aliphatic carboxylic acids is 1. The maximum absolute atomic E-state index is 12.8. The Balaban J connectivity index is 1.83. The van der Waals surface area contributed by atoms with Gasteiger partial charge in [-0.1, -0.05) is 46.6 Å². The van der Waals surface area contributed by atoms with E-state index >= 15 is 0 Å². The van der Waals surface area contributed by atoms with Crippen molar-refractivity contribution in [2.45, 2.75) is 12.5 Å². The molecule has 1 amide bonds. The topological polar surface area (TPSA) is 79.2 Å². The molecule has 2 aromatic carbocycles. The third-order valence-electron chi connectivity index (χ3n) is 4.31. The smallest absolute Gasteiger partial charge is 0.326 e. The van der Waals surface area contributed by atoms with E-state index in [0.29, 0.717) is 21.3 Å². The second-order valence-electron chi connectivity index (χ2n) is 6.04. The summed E-state index contributed by atoms with van der Waals surface area (Å²) in [6.07, 6.45) is 0.149. The summed E-state index contributed by atoms with van der Waals surface area (Å²) in [5.74, 6) is -1.44. The molecule has 1 fully saturated rings. The first-order valence-corrected chi connectivity index (χ1v) is 8.84. The third kappa shape index (κ3) is 4.07. The van der Waals surface area contributed by atoms with Crippen LogP contribution in [0, 0.1) is 0 Å². The van der Waals surface area contributed by atoms with Crippen LogP contribution >= 0.6 is 23.2 Å². The van der Waals surface area contributed by atoms with E-state index in [4.69, 9.17) is 28.0 Å². The van der Waals surface area contributed by atoms with Crippen LogP contribution in [0.2, 0.25) is 10.0 Å². The molecule has 140 valence electrons. The number of amides is 1.